The molecule has 0 aliphatic rings. The number of carboxylic acids is 1. The van der Waals surface area contributed by atoms with E-state index in [2.05, 4.69) is 33.6 Å². The number of rotatable bonds is 14. The number of aliphatic hydroxyl groups is 1. The van der Waals surface area contributed by atoms with Gasteiger partial charge in [-0.05, 0) is 18.8 Å². The molecule has 0 aromatic carbocycles. The summed E-state index contributed by atoms with van der Waals surface area (Å²) in [5.41, 5.74) is 16.1. The van der Waals surface area contributed by atoms with Crippen LogP contribution in [-0.2, 0) is 19.2 Å². The average molecular weight is 464 g/mol. The Balaban J connectivity index is 5.40. The fraction of sp³-hybridized carbons (Fsp3) is 0.706. The Bertz CT molecular complexity index is 657. The van der Waals surface area contributed by atoms with Crippen LogP contribution in [0.25, 0.3) is 0 Å². The van der Waals surface area contributed by atoms with Crippen LogP contribution in [0.3, 0.4) is 0 Å². The highest BCUT2D eigenvalue weighted by Gasteiger charge is 2.31. The number of amides is 3. The highest BCUT2D eigenvalue weighted by molar-refractivity contribution is 7.80. The third kappa shape index (κ3) is 10.8. The maximum atomic E-state index is 12.8. The van der Waals surface area contributed by atoms with Gasteiger partial charge in [0.05, 0.1) is 12.6 Å². The fourth-order valence-corrected chi connectivity index (χ4v) is 2.54. The van der Waals surface area contributed by atoms with Crippen LogP contribution in [0.4, 0.5) is 0 Å². The minimum absolute atomic E-state index is 0.0705. The Morgan fingerprint density at radius 1 is 1.00 bits per heavy atom. The Hall–Kier alpha value is -2.58. The molecule has 3 amide bonds. The third-order valence-corrected chi connectivity index (χ3v) is 4.55. The number of carboxylic acid groups (broad SMARTS) is 1. The molecule has 4 atom stereocenters. The van der Waals surface area contributed by atoms with Gasteiger partial charge in [0.2, 0.25) is 17.7 Å². The van der Waals surface area contributed by atoms with Gasteiger partial charge in [0.1, 0.15) is 18.1 Å². The molecule has 0 aromatic rings. The maximum absolute atomic E-state index is 12.8. The highest BCUT2D eigenvalue weighted by Crippen LogP contribution is 2.06. The second kappa shape index (κ2) is 14.4. The predicted molar refractivity (Wildman–Crippen MR) is 117 cm³/mol. The number of carbonyl (C=O) groups excluding carboxylic acids is 3. The van der Waals surface area contributed by atoms with Crippen molar-refractivity contribution in [1.29, 1.82) is 0 Å². The quantitative estimate of drug-likeness (QED) is 0.0536. The Kier molecular flexibility index (Phi) is 13.2. The maximum Gasteiger partial charge on any atom is 0.328 e. The zero-order valence-electron chi connectivity index (χ0n) is 17.6. The number of carbonyl (C=O) groups is 4. The zero-order chi connectivity index (χ0) is 24.1. The largest absolute Gasteiger partial charge is 0.480 e. The molecule has 4 unspecified atom stereocenters. The van der Waals surface area contributed by atoms with E-state index in [4.69, 9.17) is 27.4 Å². The normalized spacial score (nSPS) is 14.6. The fourth-order valence-electron chi connectivity index (χ4n) is 2.37. The van der Waals surface area contributed by atoms with Gasteiger partial charge in [-0.25, -0.2) is 4.79 Å². The van der Waals surface area contributed by atoms with Gasteiger partial charge in [0.15, 0.2) is 5.96 Å². The number of nitrogens with one attached hydrogen (secondary N) is 3. The number of nitrogens with two attached hydrogens (primary N) is 3. The van der Waals surface area contributed by atoms with E-state index < -0.39 is 54.5 Å². The Labute approximate surface area is 186 Å². The van der Waals surface area contributed by atoms with Crippen molar-refractivity contribution in [2.24, 2.45) is 28.1 Å². The molecule has 0 aromatic heterocycles. The summed E-state index contributed by atoms with van der Waals surface area (Å²) in [4.78, 5) is 52.3. The first-order chi connectivity index (χ1) is 14.4. The van der Waals surface area contributed by atoms with E-state index in [1.165, 1.54) is 0 Å². The van der Waals surface area contributed by atoms with Crippen molar-refractivity contribution in [3.63, 3.8) is 0 Å². The summed E-state index contributed by atoms with van der Waals surface area (Å²) in [7, 11) is 0. The summed E-state index contributed by atoms with van der Waals surface area (Å²) in [5, 5.41) is 25.3. The first-order valence-corrected chi connectivity index (χ1v) is 10.2. The van der Waals surface area contributed by atoms with E-state index in [9.17, 15) is 19.2 Å². The summed E-state index contributed by atoms with van der Waals surface area (Å²) >= 11 is 3.95. The van der Waals surface area contributed by atoms with E-state index in [1.807, 2.05) is 0 Å². The van der Waals surface area contributed by atoms with Crippen molar-refractivity contribution in [2.75, 3.05) is 18.9 Å². The summed E-state index contributed by atoms with van der Waals surface area (Å²) in [5.74, 6) is -3.90. The monoisotopic (exact) mass is 463 g/mol. The minimum atomic E-state index is -1.54. The predicted octanol–water partition coefficient (Wildman–Crippen LogP) is -3.52. The lowest BCUT2D eigenvalue weighted by atomic mass is 10.0. The number of aliphatic imine (C=N–C) groups is 1. The number of guanidine groups is 1. The van der Waals surface area contributed by atoms with Crippen molar-refractivity contribution < 1.29 is 29.4 Å². The average Bonchev–Trinajstić information content (AvgIpc) is 2.70. The van der Waals surface area contributed by atoms with Crippen molar-refractivity contribution in [2.45, 2.75) is 50.9 Å². The number of aliphatic carboxylic acids is 1. The van der Waals surface area contributed by atoms with Gasteiger partial charge in [0, 0.05) is 12.3 Å². The second-order valence-electron chi connectivity index (χ2n) is 7.11. The van der Waals surface area contributed by atoms with Crippen molar-refractivity contribution in [1.82, 2.24) is 16.0 Å². The minimum Gasteiger partial charge on any atom is -0.480 e. The van der Waals surface area contributed by atoms with E-state index in [0.717, 1.165) is 0 Å². The summed E-state index contributed by atoms with van der Waals surface area (Å²) in [6.07, 6.45) is 0.359. The molecule has 13 nitrogen and oxygen atoms in total. The van der Waals surface area contributed by atoms with Crippen LogP contribution in [0.1, 0.15) is 26.7 Å². The van der Waals surface area contributed by atoms with Crippen molar-refractivity contribution in [3.8, 4) is 0 Å². The van der Waals surface area contributed by atoms with Gasteiger partial charge in [-0.15, -0.1) is 0 Å². The van der Waals surface area contributed by atoms with Gasteiger partial charge >= 0.3 is 5.97 Å². The van der Waals surface area contributed by atoms with Gasteiger partial charge in [0.25, 0.3) is 0 Å². The smallest absolute Gasteiger partial charge is 0.328 e. The molecule has 0 saturated carbocycles. The number of nitrogens with zero attached hydrogens (tertiary/aromatic N) is 1. The molecule has 14 heteroatoms. The lowest BCUT2D eigenvalue weighted by molar-refractivity contribution is -0.143. The third-order valence-electron chi connectivity index (χ3n) is 4.16. The van der Waals surface area contributed by atoms with Crippen LogP contribution < -0.4 is 33.2 Å². The van der Waals surface area contributed by atoms with Crippen molar-refractivity contribution in [3.05, 3.63) is 0 Å². The number of hydrogen-bond donors (Lipinski definition) is 9. The topological polar surface area (TPSA) is 235 Å². The van der Waals surface area contributed by atoms with Crippen LogP contribution in [0.2, 0.25) is 0 Å². The lowest BCUT2D eigenvalue weighted by Crippen LogP contribution is -2.58. The number of hydrogen-bond acceptors (Lipinski definition) is 8. The van der Waals surface area contributed by atoms with Crippen LogP contribution in [0, 0.1) is 5.92 Å². The molecule has 0 heterocycles. The lowest BCUT2D eigenvalue weighted by Gasteiger charge is -2.26. The first-order valence-electron chi connectivity index (χ1n) is 9.61. The van der Waals surface area contributed by atoms with Gasteiger partial charge in [-0.2, -0.15) is 12.6 Å². The molecule has 0 fully saturated rings. The second-order valence-corrected chi connectivity index (χ2v) is 7.48. The van der Waals surface area contributed by atoms with Crippen molar-refractivity contribution >= 4 is 42.3 Å². The van der Waals surface area contributed by atoms with Crippen LogP contribution in [0.15, 0.2) is 4.99 Å². The molecule has 11 N–H and O–H groups in total. The van der Waals surface area contributed by atoms with Crippen LogP contribution in [0.5, 0.6) is 0 Å². The highest BCUT2D eigenvalue weighted by atomic mass is 32.1. The zero-order valence-corrected chi connectivity index (χ0v) is 18.5. The molecule has 0 radical (unpaired) electrons. The molecule has 178 valence electrons. The first kappa shape index (κ1) is 28.4. The molecule has 0 aliphatic carbocycles. The Morgan fingerprint density at radius 3 is 2.03 bits per heavy atom. The summed E-state index contributed by atoms with van der Waals surface area (Å²) in [6.45, 7) is 2.72. The van der Waals surface area contributed by atoms with Gasteiger partial charge in [-0.1, -0.05) is 13.8 Å². The SMILES string of the molecule is CC(C)C(NC(=O)C(N)CS)C(=O)NC(CCCN=C(N)N)C(=O)NC(CO)C(=O)O. The molecular weight excluding hydrogens is 430 g/mol. The molecular formula is C17H33N7O6S. The molecule has 0 rings (SSSR count). The standard InChI is InChI=1S/C17H33N7O6S/c1-8(2)12(24-13(26)9(18)7-31)15(28)22-10(4-3-5-21-17(19)20)14(27)23-11(6-25)16(29)30/h8-12,25,31H,3-7,18H2,1-2H3,(H,22,28)(H,23,27)(H,24,26)(H,29,30)(H4,19,20,21). The van der Waals surface area contributed by atoms with Gasteiger partial charge < -0.3 is 43.4 Å². The molecule has 0 aliphatic heterocycles. The van der Waals surface area contributed by atoms with E-state index in [1.54, 1.807) is 13.8 Å². The molecule has 0 saturated heterocycles. The summed E-state index contributed by atoms with van der Waals surface area (Å²) in [6, 6.07) is -4.62. The van der Waals surface area contributed by atoms with E-state index >= 15 is 0 Å². The van der Waals surface area contributed by atoms with Gasteiger partial charge in [-0.3, -0.25) is 19.4 Å². The Morgan fingerprint density at radius 2 is 1.58 bits per heavy atom. The van der Waals surface area contributed by atoms with Crippen LogP contribution in [-0.4, -0.2) is 82.9 Å². The number of thiol groups is 1. The molecule has 0 bridgehead atoms. The van der Waals surface area contributed by atoms with E-state index in [0.29, 0.717) is 0 Å². The molecule has 0 spiro atoms. The number of aliphatic hydroxyl groups excluding tert-OH is 1. The summed E-state index contributed by atoms with van der Waals surface area (Å²) < 4.78 is 0. The van der Waals surface area contributed by atoms with E-state index in [-0.39, 0.29) is 37.0 Å². The van der Waals surface area contributed by atoms with Crippen LogP contribution >= 0.6 is 12.6 Å². The molecule has 31 heavy (non-hydrogen) atoms.